The zero-order chi connectivity index (χ0) is 9.26. The molecular formula is C10H12N2O. The average Bonchev–Trinajstić information content (AvgIpc) is 2.52. The Hall–Kier alpha value is -1.38. The molecule has 1 atom stereocenters. The van der Waals surface area contributed by atoms with Crippen LogP contribution in [0.15, 0.2) is 18.3 Å². The molecule has 1 aliphatic rings. The summed E-state index contributed by atoms with van der Waals surface area (Å²) in [6.07, 6.45) is 4.25. The van der Waals surface area contributed by atoms with Crippen LogP contribution in [0.4, 0.5) is 5.82 Å². The summed E-state index contributed by atoms with van der Waals surface area (Å²) in [4.78, 5) is 15.4. The predicted octanol–water partition coefficient (Wildman–Crippen LogP) is 1.50. The van der Waals surface area contributed by atoms with E-state index in [0.717, 1.165) is 18.4 Å². The highest BCUT2D eigenvalue weighted by molar-refractivity contribution is 5.88. The van der Waals surface area contributed by atoms with Crippen molar-refractivity contribution in [3.8, 4) is 0 Å². The number of ketones is 1. The number of pyridine rings is 1. The minimum Gasteiger partial charge on any atom is -0.383 e. The topological polar surface area (TPSA) is 56.0 Å². The third-order valence-electron chi connectivity index (χ3n) is 2.55. The van der Waals surface area contributed by atoms with Crippen LogP contribution in [0.2, 0.25) is 0 Å². The van der Waals surface area contributed by atoms with Crippen LogP contribution in [0, 0.1) is 0 Å². The number of carbonyl (C=O) groups excluding carboxylic acids is 1. The van der Waals surface area contributed by atoms with Crippen LogP contribution in [0.5, 0.6) is 0 Å². The van der Waals surface area contributed by atoms with E-state index >= 15 is 0 Å². The number of hydrogen-bond acceptors (Lipinski definition) is 3. The Bertz CT molecular complexity index is 335. The summed E-state index contributed by atoms with van der Waals surface area (Å²) >= 11 is 0. The van der Waals surface area contributed by atoms with Gasteiger partial charge in [0.25, 0.3) is 0 Å². The highest BCUT2D eigenvalue weighted by Gasteiger charge is 2.27. The molecule has 1 fully saturated rings. The molecule has 2 rings (SSSR count). The fourth-order valence-corrected chi connectivity index (χ4v) is 1.87. The molecule has 0 aliphatic heterocycles. The highest BCUT2D eigenvalue weighted by atomic mass is 16.1. The smallest absolute Gasteiger partial charge is 0.140 e. The summed E-state index contributed by atoms with van der Waals surface area (Å²) in [6, 6.07) is 3.73. The molecule has 2 N–H and O–H groups in total. The number of hydrogen-bond donors (Lipinski definition) is 1. The van der Waals surface area contributed by atoms with Crippen LogP contribution in [0.25, 0.3) is 0 Å². The zero-order valence-electron chi connectivity index (χ0n) is 7.36. The minimum atomic E-state index is 0.00806. The van der Waals surface area contributed by atoms with Crippen molar-refractivity contribution in [2.24, 2.45) is 0 Å². The second-order valence-corrected chi connectivity index (χ2v) is 3.39. The molecule has 1 aliphatic carbocycles. The van der Waals surface area contributed by atoms with Gasteiger partial charge in [-0.25, -0.2) is 4.98 Å². The van der Waals surface area contributed by atoms with Gasteiger partial charge in [0.05, 0.1) is 0 Å². The summed E-state index contributed by atoms with van der Waals surface area (Å²) in [5, 5.41) is 0. The van der Waals surface area contributed by atoms with Gasteiger partial charge in [0, 0.05) is 24.1 Å². The maximum atomic E-state index is 11.4. The van der Waals surface area contributed by atoms with Gasteiger partial charge >= 0.3 is 0 Å². The molecule has 0 amide bonds. The van der Waals surface area contributed by atoms with E-state index in [0.29, 0.717) is 18.0 Å². The molecule has 3 heteroatoms. The molecule has 0 saturated heterocycles. The van der Waals surface area contributed by atoms with E-state index in [4.69, 9.17) is 5.73 Å². The fraction of sp³-hybridized carbons (Fsp3) is 0.400. The van der Waals surface area contributed by atoms with E-state index in [-0.39, 0.29) is 5.92 Å². The van der Waals surface area contributed by atoms with Crippen molar-refractivity contribution in [1.82, 2.24) is 4.98 Å². The van der Waals surface area contributed by atoms with Gasteiger partial charge in [0.15, 0.2) is 0 Å². The van der Waals surface area contributed by atoms with Crippen LogP contribution in [-0.2, 0) is 4.79 Å². The number of Topliss-reactive ketones (excluding diaryl/α,β-unsaturated/α-hetero) is 1. The molecule has 3 nitrogen and oxygen atoms in total. The van der Waals surface area contributed by atoms with Gasteiger partial charge in [-0.3, -0.25) is 4.79 Å². The molecule has 68 valence electrons. The molecule has 1 aromatic heterocycles. The van der Waals surface area contributed by atoms with Gasteiger partial charge < -0.3 is 5.73 Å². The first-order chi connectivity index (χ1) is 6.29. The lowest BCUT2D eigenvalue weighted by atomic mass is 9.98. The van der Waals surface area contributed by atoms with Crippen molar-refractivity contribution < 1.29 is 4.79 Å². The number of carbonyl (C=O) groups is 1. The first kappa shape index (κ1) is 8.23. The lowest BCUT2D eigenvalue weighted by molar-refractivity contribution is -0.118. The van der Waals surface area contributed by atoms with Crippen LogP contribution in [0.1, 0.15) is 30.7 Å². The van der Waals surface area contributed by atoms with Crippen molar-refractivity contribution in [2.75, 3.05) is 5.73 Å². The van der Waals surface area contributed by atoms with Gasteiger partial charge in [-0.1, -0.05) is 6.07 Å². The Morgan fingerprint density at radius 3 is 3.00 bits per heavy atom. The summed E-state index contributed by atoms with van der Waals surface area (Å²) in [5.41, 5.74) is 6.61. The summed E-state index contributed by atoms with van der Waals surface area (Å²) in [7, 11) is 0. The lowest BCUT2D eigenvalue weighted by Gasteiger charge is -2.09. The summed E-state index contributed by atoms with van der Waals surface area (Å²) in [5.74, 6) is 0.816. The van der Waals surface area contributed by atoms with Gasteiger partial charge in [0.2, 0.25) is 0 Å². The number of anilines is 1. The third-order valence-corrected chi connectivity index (χ3v) is 2.55. The maximum absolute atomic E-state index is 11.4. The largest absolute Gasteiger partial charge is 0.383 e. The van der Waals surface area contributed by atoms with Crippen molar-refractivity contribution in [3.63, 3.8) is 0 Å². The quantitative estimate of drug-likeness (QED) is 0.705. The van der Waals surface area contributed by atoms with Gasteiger partial charge in [0.1, 0.15) is 11.6 Å². The third kappa shape index (κ3) is 1.41. The normalized spacial score (nSPS) is 22.2. The lowest BCUT2D eigenvalue weighted by Crippen LogP contribution is -2.08. The maximum Gasteiger partial charge on any atom is 0.140 e. The van der Waals surface area contributed by atoms with Crippen molar-refractivity contribution in [1.29, 1.82) is 0 Å². The first-order valence-corrected chi connectivity index (χ1v) is 4.52. The first-order valence-electron chi connectivity index (χ1n) is 4.52. The number of aromatic nitrogens is 1. The zero-order valence-corrected chi connectivity index (χ0v) is 7.36. The number of nitrogens with zero attached hydrogens (tertiary/aromatic N) is 1. The van der Waals surface area contributed by atoms with E-state index < -0.39 is 0 Å². The van der Waals surface area contributed by atoms with E-state index in [1.165, 1.54) is 0 Å². The summed E-state index contributed by atoms with van der Waals surface area (Å²) < 4.78 is 0. The second-order valence-electron chi connectivity index (χ2n) is 3.39. The van der Waals surface area contributed by atoms with Gasteiger partial charge in [-0.15, -0.1) is 0 Å². The minimum absolute atomic E-state index is 0.00806. The van der Waals surface area contributed by atoms with E-state index in [2.05, 4.69) is 4.98 Å². The van der Waals surface area contributed by atoms with Crippen molar-refractivity contribution in [2.45, 2.75) is 25.2 Å². The van der Waals surface area contributed by atoms with Crippen molar-refractivity contribution in [3.05, 3.63) is 23.9 Å². The molecule has 13 heavy (non-hydrogen) atoms. The average molecular weight is 176 g/mol. The van der Waals surface area contributed by atoms with Crippen LogP contribution in [-0.4, -0.2) is 10.8 Å². The number of nitrogen functional groups attached to an aromatic ring is 1. The molecule has 0 spiro atoms. The Labute approximate surface area is 77.0 Å². The Kier molecular flexibility index (Phi) is 2.00. The molecule has 0 bridgehead atoms. The number of nitrogens with two attached hydrogens (primary N) is 1. The Morgan fingerprint density at radius 1 is 1.54 bits per heavy atom. The van der Waals surface area contributed by atoms with Crippen molar-refractivity contribution >= 4 is 11.6 Å². The molecule has 0 aromatic carbocycles. The van der Waals surface area contributed by atoms with Crippen LogP contribution >= 0.6 is 0 Å². The Balaban J connectivity index is 2.34. The van der Waals surface area contributed by atoms with Crippen LogP contribution in [0.3, 0.4) is 0 Å². The predicted molar refractivity (Wildman–Crippen MR) is 50.2 cm³/mol. The SMILES string of the molecule is Nc1ncccc1C1CCCC1=O. The summed E-state index contributed by atoms with van der Waals surface area (Å²) in [6.45, 7) is 0. The molecule has 0 radical (unpaired) electrons. The van der Waals surface area contributed by atoms with Crippen LogP contribution < -0.4 is 5.73 Å². The highest BCUT2D eigenvalue weighted by Crippen LogP contribution is 2.33. The monoisotopic (exact) mass is 176 g/mol. The second kappa shape index (κ2) is 3.17. The molecule has 1 unspecified atom stereocenters. The van der Waals surface area contributed by atoms with Gasteiger partial charge in [-0.2, -0.15) is 0 Å². The molecule has 1 saturated carbocycles. The van der Waals surface area contributed by atoms with Gasteiger partial charge in [-0.05, 0) is 18.9 Å². The number of rotatable bonds is 1. The standard InChI is InChI=1S/C10H12N2O/c11-10-8(4-2-6-12-10)7-3-1-5-9(7)13/h2,4,6-7H,1,3,5H2,(H2,11,12). The van der Waals surface area contributed by atoms with E-state index in [9.17, 15) is 4.79 Å². The van der Waals surface area contributed by atoms with E-state index in [1.807, 2.05) is 12.1 Å². The molecular weight excluding hydrogens is 164 g/mol. The fourth-order valence-electron chi connectivity index (χ4n) is 1.87. The molecule has 1 aromatic rings. The van der Waals surface area contributed by atoms with E-state index in [1.54, 1.807) is 6.20 Å². The Morgan fingerprint density at radius 2 is 2.38 bits per heavy atom. The molecule has 1 heterocycles.